The summed E-state index contributed by atoms with van der Waals surface area (Å²) in [5.74, 6) is -0.152. The zero-order valence-electron chi connectivity index (χ0n) is 16.1. The van der Waals surface area contributed by atoms with Crippen molar-refractivity contribution in [2.24, 2.45) is 0 Å². The number of ether oxygens (including phenoxy) is 1. The lowest BCUT2D eigenvalue weighted by Gasteiger charge is -2.40. The third-order valence-corrected chi connectivity index (χ3v) is 6.00. The predicted octanol–water partition coefficient (Wildman–Crippen LogP) is 5.78. The van der Waals surface area contributed by atoms with Crippen LogP contribution in [-0.2, 0) is 19.7 Å². The Morgan fingerprint density at radius 2 is 1.65 bits per heavy atom. The number of carbonyl (C=O) groups excluding carboxylic acids is 1. The maximum absolute atomic E-state index is 12.9. The Bertz CT molecular complexity index is 1120. The summed E-state index contributed by atoms with van der Waals surface area (Å²) in [6, 6.07) is 13.3. The molecule has 31 heavy (non-hydrogen) atoms. The Labute approximate surface area is 174 Å². The van der Waals surface area contributed by atoms with Gasteiger partial charge in [0.25, 0.3) is 5.91 Å². The van der Waals surface area contributed by atoms with E-state index in [4.69, 9.17) is 4.74 Å². The Balaban J connectivity index is 1.44. The van der Waals surface area contributed by atoms with Crippen LogP contribution in [0.25, 0.3) is 0 Å². The van der Waals surface area contributed by atoms with Gasteiger partial charge in [-0.2, -0.15) is 0 Å². The maximum Gasteiger partial charge on any atom is 0.310 e. The molecule has 0 fully saturated rings. The highest BCUT2D eigenvalue weighted by molar-refractivity contribution is 8.45. The lowest BCUT2D eigenvalue weighted by atomic mass is 10.2. The van der Waals surface area contributed by atoms with Crippen molar-refractivity contribution < 1.29 is 29.0 Å². The molecule has 2 heterocycles. The molecule has 0 saturated carbocycles. The number of amides is 1. The molecule has 0 unspecified atom stereocenters. The van der Waals surface area contributed by atoms with Crippen LogP contribution in [0.5, 0.6) is 5.88 Å². The second kappa shape index (κ2) is 6.71. The number of fused-ring (bicyclic) bond motifs is 1. The van der Waals surface area contributed by atoms with Crippen molar-refractivity contribution in [3.05, 3.63) is 77.5 Å². The molecule has 11 heteroatoms. The fourth-order valence-corrected chi connectivity index (χ4v) is 3.90. The molecule has 3 aromatic rings. The lowest BCUT2D eigenvalue weighted by Crippen LogP contribution is -2.38. The molecule has 0 N–H and O–H groups in total. The summed E-state index contributed by atoms with van der Waals surface area (Å²) in [4.78, 5) is 12.1. The number of hydrogen-bond acceptors (Lipinski definition) is 3. The van der Waals surface area contributed by atoms with Gasteiger partial charge in [-0.05, 0) is 29.8 Å². The molecular formula is C20H18F5N3O2S. The zero-order chi connectivity index (χ0) is 22.3. The number of aromatic nitrogens is 2. The monoisotopic (exact) mass is 459 g/mol. The van der Waals surface area contributed by atoms with Crippen LogP contribution in [0.15, 0.2) is 65.6 Å². The van der Waals surface area contributed by atoms with Crippen molar-refractivity contribution in [3.8, 4) is 5.88 Å². The third kappa shape index (κ3) is 4.82. The highest BCUT2D eigenvalue weighted by atomic mass is 32.5. The van der Waals surface area contributed by atoms with Gasteiger partial charge in [0, 0.05) is 18.2 Å². The van der Waals surface area contributed by atoms with E-state index >= 15 is 0 Å². The van der Waals surface area contributed by atoms with E-state index in [-0.39, 0.29) is 30.8 Å². The molecule has 1 aliphatic rings. The van der Waals surface area contributed by atoms with E-state index in [1.807, 2.05) is 30.3 Å². The largest absolute Gasteiger partial charge is 0.472 e. The fraction of sp³-hybridized carbons (Fsp3) is 0.200. The minimum absolute atomic E-state index is 0.0980. The Morgan fingerprint density at radius 3 is 2.29 bits per heavy atom. The van der Waals surface area contributed by atoms with Gasteiger partial charge in [0.1, 0.15) is 11.5 Å². The summed E-state index contributed by atoms with van der Waals surface area (Å²) < 4.78 is 71.7. The van der Waals surface area contributed by atoms with E-state index in [2.05, 4.69) is 5.10 Å². The summed E-state index contributed by atoms with van der Waals surface area (Å²) in [5, 5.41) is 4.34. The first-order valence-electron chi connectivity index (χ1n) is 9.26. The van der Waals surface area contributed by atoms with Crippen LogP contribution in [0, 0.1) is 0 Å². The summed E-state index contributed by atoms with van der Waals surface area (Å²) in [6.45, 7) is 1.15. The second-order valence-corrected chi connectivity index (χ2v) is 9.60. The molecule has 0 radical (unpaired) electrons. The summed E-state index contributed by atoms with van der Waals surface area (Å²) in [7, 11) is -9.77. The van der Waals surface area contributed by atoms with Crippen molar-refractivity contribution in [1.29, 1.82) is 0 Å². The van der Waals surface area contributed by atoms with Gasteiger partial charge in [-0.3, -0.25) is 9.48 Å². The van der Waals surface area contributed by atoms with E-state index in [0.717, 1.165) is 17.7 Å². The molecule has 0 spiro atoms. The van der Waals surface area contributed by atoms with Crippen LogP contribution < -0.4 is 4.74 Å². The van der Waals surface area contributed by atoms with Gasteiger partial charge in [-0.1, -0.05) is 49.8 Å². The number of benzene rings is 2. The summed E-state index contributed by atoms with van der Waals surface area (Å²) >= 11 is 0. The Kier molecular flexibility index (Phi) is 4.58. The number of hydrogen-bond donors (Lipinski definition) is 0. The second-order valence-electron chi connectivity index (χ2n) is 7.19. The molecular weight excluding hydrogens is 441 g/mol. The van der Waals surface area contributed by atoms with Gasteiger partial charge < -0.3 is 9.64 Å². The van der Waals surface area contributed by atoms with Crippen molar-refractivity contribution >= 4 is 16.1 Å². The van der Waals surface area contributed by atoms with E-state index in [1.165, 1.54) is 4.90 Å². The molecule has 1 aliphatic heterocycles. The topological polar surface area (TPSA) is 47.4 Å². The first kappa shape index (κ1) is 21.2. The highest BCUT2D eigenvalue weighted by Crippen LogP contribution is 3.02. The molecule has 1 amide bonds. The minimum Gasteiger partial charge on any atom is -0.472 e. The van der Waals surface area contributed by atoms with E-state index in [9.17, 15) is 24.2 Å². The first-order valence-corrected chi connectivity index (χ1v) is 11.2. The number of rotatable bonds is 5. The van der Waals surface area contributed by atoms with Gasteiger partial charge in [0.2, 0.25) is 5.88 Å². The Morgan fingerprint density at radius 1 is 0.968 bits per heavy atom. The van der Waals surface area contributed by atoms with Gasteiger partial charge in [-0.25, -0.2) is 0 Å². The number of nitrogens with zero attached hydrogens (tertiary/aromatic N) is 3. The van der Waals surface area contributed by atoms with Gasteiger partial charge >= 0.3 is 10.2 Å². The zero-order valence-corrected chi connectivity index (χ0v) is 16.9. The normalized spacial score (nSPS) is 16.2. The number of carbonyl (C=O) groups is 1. The van der Waals surface area contributed by atoms with E-state index in [1.54, 1.807) is 10.7 Å². The van der Waals surface area contributed by atoms with Crippen LogP contribution in [0.1, 0.15) is 21.6 Å². The first-order chi connectivity index (χ1) is 14.4. The van der Waals surface area contributed by atoms with E-state index < -0.39 is 21.0 Å². The molecule has 1 aromatic heterocycles. The van der Waals surface area contributed by atoms with Gasteiger partial charge in [0.15, 0.2) is 0 Å². The predicted molar refractivity (Wildman–Crippen MR) is 106 cm³/mol. The molecule has 4 rings (SSSR count). The fourth-order valence-electron chi connectivity index (χ4n) is 3.25. The standard InChI is InChI=1S/C20H18F5N3O2S/c21-31(22,23,24,25)18-8-6-16(7-9-18)20(29)27-10-11-28-17(13-27)12-19(26-28)30-14-15-4-2-1-3-5-15/h1-9,12H,10-11,13-14H2. The SMILES string of the molecule is O=C(c1ccc(S(F)(F)(F)(F)F)cc1)N1CCn2nc(OCc3ccccc3)cc2C1. The molecule has 5 nitrogen and oxygen atoms in total. The quantitative estimate of drug-likeness (QED) is 0.455. The highest BCUT2D eigenvalue weighted by Gasteiger charge is 2.65. The van der Waals surface area contributed by atoms with Crippen molar-refractivity contribution in [1.82, 2.24) is 14.7 Å². The van der Waals surface area contributed by atoms with Crippen LogP contribution >= 0.6 is 10.2 Å². The van der Waals surface area contributed by atoms with Crippen molar-refractivity contribution in [2.75, 3.05) is 6.54 Å². The Hall–Kier alpha value is -3.08. The lowest BCUT2D eigenvalue weighted by molar-refractivity contribution is 0.0705. The maximum atomic E-state index is 12.9. The molecule has 0 bridgehead atoms. The minimum atomic E-state index is -9.77. The third-order valence-electron chi connectivity index (χ3n) is 4.84. The van der Waals surface area contributed by atoms with Crippen LogP contribution in [-0.4, -0.2) is 27.1 Å². The average molecular weight is 459 g/mol. The average Bonchev–Trinajstić information content (AvgIpc) is 3.13. The molecule has 0 atom stereocenters. The molecule has 166 valence electrons. The number of halogens is 5. The van der Waals surface area contributed by atoms with Crippen molar-refractivity contribution in [2.45, 2.75) is 24.6 Å². The molecule has 2 aromatic carbocycles. The molecule has 0 aliphatic carbocycles. The smallest absolute Gasteiger partial charge is 0.310 e. The van der Waals surface area contributed by atoms with Crippen LogP contribution in [0.3, 0.4) is 0 Å². The van der Waals surface area contributed by atoms with Gasteiger partial charge in [-0.15, -0.1) is 5.10 Å². The summed E-state index contributed by atoms with van der Waals surface area (Å²) in [5.41, 5.74) is 1.57. The summed E-state index contributed by atoms with van der Waals surface area (Å²) in [6.07, 6.45) is 0. The van der Waals surface area contributed by atoms with Crippen molar-refractivity contribution in [3.63, 3.8) is 0 Å². The molecule has 0 saturated heterocycles. The van der Waals surface area contributed by atoms with Crippen LogP contribution in [0.4, 0.5) is 19.4 Å². The van der Waals surface area contributed by atoms with E-state index in [0.29, 0.717) is 24.7 Å². The van der Waals surface area contributed by atoms with Crippen LogP contribution in [0.2, 0.25) is 0 Å². The van der Waals surface area contributed by atoms with Gasteiger partial charge in [0.05, 0.1) is 18.8 Å².